The van der Waals surface area contributed by atoms with Crippen LogP contribution in [-0.4, -0.2) is 35.1 Å². The van der Waals surface area contributed by atoms with Crippen molar-refractivity contribution in [3.05, 3.63) is 64.9 Å². The van der Waals surface area contributed by atoms with Crippen molar-refractivity contribution in [1.29, 1.82) is 5.26 Å². The van der Waals surface area contributed by atoms with Gasteiger partial charge in [-0.3, -0.25) is 15.0 Å². The number of ether oxygens (including phenoxy) is 2. The summed E-state index contributed by atoms with van der Waals surface area (Å²) >= 11 is 6.72. The highest BCUT2D eigenvalue weighted by molar-refractivity contribution is 7.80. The number of thiocarbonyl (C=S) groups is 1. The van der Waals surface area contributed by atoms with E-state index in [4.69, 9.17) is 21.7 Å². The van der Waals surface area contributed by atoms with Crippen LogP contribution in [0.1, 0.15) is 10.6 Å². The first kappa shape index (κ1) is 20.5. The van der Waals surface area contributed by atoms with Gasteiger partial charge in [-0.2, -0.15) is 5.26 Å². The second-order valence-electron chi connectivity index (χ2n) is 6.41. The van der Waals surface area contributed by atoms with Gasteiger partial charge in [0.05, 0.1) is 24.4 Å². The fourth-order valence-electron chi connectivity index (χ4n) is 3.05. The lowest BCUT2D eigenvalue weighted by Crippen LogP contribution is -2.23. The molecule has 1 N–H and O–H groups in total. The second kappa shape index (κ2) is 8.55. The number of thiazole rings is 1. The molecule has 0 saturated carbocycles. The van der Waals surface area contributed by atoms with Crippen LogP contribution in [0.5, 0.6) is 11.5 Å². The van der Waals surface area contributed by atoms with Crippen LogP contribution < -0.4 is 14.8 Å². The molecule has 3 aromatic rings. The summed E-state index contributed by atoms with van der Waals surface area (Å²) in [6, 6.07) is 15.1. The zero-order valence-electron chi connectivity index (χ0n) is 16.6. The highest BCUT2D eigenvalue weighted by Crippen LogP contribution is 2.31. The maximum atomic E-state index is 12.5. The highest BCUT2D eigenvalue weighted by atomic mass is 32.1. The number of benzene rings is 2. The number of para-hydroxylation sites is 1. The molecule has 31 heavy (non-hydrogen) atoms. The third-order valence-electron chi connectivity index (χ3n) is 4.55. The number of nitrogens with zero attached hydrogens (tertiary/aromatic N) is 3. The summed E-state index contributed by atoms with van der Waals surface area (Å²) in [7, 11) is 3.09. The lowest BCUT2D eigenvalue weighted by atomic mass is 10.1. The fourth-order valence-corrected chi connectivity index (χ4v) is 4.22. The van der Waals surface area contributed by atoms with E-state index in [1.54, 1.807) is 38.5 Å². The van der Waals surface area contributed by atoms with Crippen molar-refractivity contribution in [3.8, 4) is 17.6 Å². The Kier molecular flexibility index (Phi) is 5.66. The summed E-state index contributed by atoms with van der Waals surface area (Å²) in [5.41, 5.74) is 2.11. The quantitative estimate of drug-likeness (QED) is 0.359. The molecule has 0 atom stereocenters. The standard InChI is InChI=1S/C22H16N4O3S2/c1-28-17-8-7-13(10-18(17)29-2)9-16-20(27)25-22(30)26(16)12-14(11-23)21-24-15-5-3-4-6-19(15)31-21/h3-10,12H,1-2H3,(H,25,27,30). The van der Waals surface area contributed by atoms with Gasteiger partial charge >= 0.3 is 0 Å². The number of nitriles is 1. The van der Waals surface area contributed by atoms with E-state index in [0.717, 1.165) is 10.2 Å². The molecule has 4 rings (SSSR count). The number of fused-ring (bicyclic) bond motifs is 1. The Bertz CT molecular complexity index is 1270. The molecule has 1 aromatic heterocycles. The molecule has 2 heterocycles. The number of amides is 1. The van der Waals surface area contributed by atoms with Gasteiger partial charge in [-0.15, -0.1) is 11.3 Å². The molecule has 1 aliphatic rings. The Morgan fingerprint density at radius 2 is 2.00 bits per heavy atom. The Labute approximate surface area is 187 Å². The molecule has 1 aliphatic heterocycles. The van der Waals surface area contributed by atoms with Crippen molar-refractivity contribution in [2.24, 2.45) is 0 Å². The zero-order chi connectivity index (χ0) is 22.0. The van der Waals surface area contributed by atoms with Crippen LogP contribution in [0.25, 0.3) is 21.9 Å². The van der Waals surface area contributed by atoms with Crippen molar-refractivity contribution in [2.45, 2.75) is 0 Å². The Balaban J connectivity index is 1.75. The van der Waals surface area contributed by atoms with Crippen molar-refractivity contribution >= 4 is 56.4 Å². The third kappa shape index (κ3) is 3.99. The van der Waals surface area contributed by atoms with Crippen molar-refractivity contribution < 1.29 is 14.3 Å². The van der Waals surface area contributed by atoms with Gasteiger partial charge in [-0.1, -0.05) is 18.2 Å². The third-order valence-corrected chi connectivity index (χ3v) is 5.91. The zero-order valence-corrected chi connectivity index (χ0v) is 18.2. The van der Waals surface area contributed by atoms with Gasteiger partial charge in [-0.25, -0.2) is 4.98 Å². The average molecular weight is 449 g/mol. The molecule has 154 valence electrons. The number of aromatic nitrogens is 1. The van der Waals surface area contributed by atoms with Gasteiger partial charge in [0.15, 0.2) is 16.6 Å². The molecule has 1 fully saturated rings. The summed E-state index contributed by atoms with van der Waals surface area (Å²) < 4.78 is 11.6. The first-order chi connectivity index (χ1) is 15.0. The van der Waals surface area contributed by atoms with Gasteiger partial charge in [0, 0.05) is 6.20 Å². The SMILES string of the molecule is COc1ccc(C=C2C(=O)NC(=S)N2C=C(C#N)c2nc3ccccc3s2)cc1OC. The van der Waals surface area contributed by atoms with Crippen molar-refractivity contribution in [2.75, 3.05) is 14.2 Å². The smallest absolute Gasteiger partial charge is 0.274 e. The monoisotopic (exact) mass is 448 g/mol. The minimum Gasteiger partial charge on any atom is -0.493 e. The predicted molar refractivity (Wildman–Crippen MR) is 123 cm³/mol. The second-order valence-corrected chi connectivity index (χ2v) is 7.83. The first-order valence-corrected chi connectivity index (χ1v) is 10.3. The molecule has 0 unspecified atom stereocenters. The molecule has 2 aromatic carbocycles. The largest absolute Gasteiger partial charge is 0.493 e. The molecule has 0 spiro atoms. The highest BCUT2D eigenvalue weighted by Gasteiger charge is 2.30. The van der Waals surface area contributed by atoms with E-state index in [-0.39, 0.29) is 16.7 Å². The van der Waals surface area contributed by atoms with Gasteiger partial charge in [0.1, 0.15) is 22.3 Å². The van der Waals surface area contributed by atoms with E-state index < -0.39 is 0 Å². The Hall–Kier alpha value is -3.74. The summed E-state index contributed by atoms with van der Waals surface area (Å²) in [6.45, 7) is 0. The van der Waals surface area contributed by atoms with E-state index in [0.29, 0.717) is 27.6 Å². The van der Waals surface area contributed by atoms with Gasteiger partial charge < -0.3 is 9.47 Å². The Morgan fingerprint density at radius 1 is 1.23 bits per heavy atom. The summed E-state index contributed by atoms with van der Waals surface area (Å²) in [5, 5.41) is 13.1. The summed E-state index contributed by atoms with van der Waals surface area (Å²) in [4.78, 5) is 18.5. The van der Waals surface area contributed by atoms with E-state index in [1.165, 1.54) is 22.4 Å². The lowest BCUT2D eigenvalue weighted by molar-refractivity contribution is -0.115. The number of allylic oxidation sites excluding steroid dienone is 1. The lowest BCUT2D eigenvalue weighted by Gasteiger charge is -2.13. The normalized spacial score (nSPS) is 15.3. The average Bonchev–Trinajstić information content (AvgIpc) is 3.32. The number of carbonyl (C=O) groups is 1. The van der Waals surface area contributed by atoms with E-state index in [2.05, 4.69) is 16.4 Å². The van der Waals surface area contributed by atoms with Crippen LogP contribution in [-0.2, 0) is 4.79 Å². The molecule has 1 saturated heterocycles. The minimum absolute atomic E-state index is 0.186. The van der Waals surface area contributed by atoms with E-state index >= 15 is 0 Å². The molecule has 9 heteroatoms. The van der Waals surface area contributed by atoms with Crippen LogP contribution in [0.2, 0.25) is 0 Å². The maximum Gasteiger partial charge on any atom is 0.274 e. The molecule has 7 nitrogen and oxygen atoms in total. The minimum atomic E-state index is -0.363. The van der Waals surface area contributed by atoms with Gasteiger partial charge in [0.25, 0.3) is 5.91 Å². The predicted octanol–water partition coefficient (Wildman–Crippen LogP) is 3.94. The maximum absolute atomic E-state index is 12.5. The molecule has 0 bridgehead atoms. The fraction of sp³-hybridized carbons (Fsp3) is 0.0909. The number of rotatable bonds is 5. The molecular formula is C22H16N4O3S2. The van der Waals surface area contributed by atoms with E-state index in [1.807, 2.05) is 24.3 Å². The van der Waals surface area contributed by atoms with Crippen LogP contribution in [0.15, 0.2) is 54.4 Å². The summed E-state index contributed by atoms with van der Waals surface area (Å²) in [5.74, 6) is 0.750. The molecular weight excluding hydrogens is 432 g/mol. The number of hydrogen-bond acceptors (Lipinski definition) is 7. The topological polar surface area (TPSA) is 87.5 Å². The van der Waals surface area contributed by atoms with Crippen LogP contribution in [0.4, 0.5) is 0 Å². The van der Waals surface area contributed by atoms with Crippen LogP contribution in [0, 0.1) is 11.3 Å². The van der Waals surface area contributed by atoms with E-state index in [9.17, 15) is 10.1 Å². The van der Waals surface area contributed by atoms with Gasteiger partial charge in [0.2, 0.25) is 0 Å². The number of hydrogen-bond donors (Lipinski definition) is 1. The molecule has 0 radical (unpaired) electrons. The molecule has 0 aliphatic carbocycles. The number of nitrogens with one attached hydrogen (secondary N) is 1. The summed E-state index contributed by atoms with van der Waals surface area (Å²) in [6.07, 6.45) is 3.20. The van der Waals surface area contributed by atoms with Crippen molar-refractivity contribution in [1.82, 2.24) is 15.2 Å². The number of carbonyl (C=O) groups excluding carboxylic acids is 1. The van der Waals surface area contributed by atoms with Crippen LogP contribution in [0.3, 0.4) is 0 Å². The van der Waals surface area contributed by atoms with Gasteiger partial charge in [-0.05, 0) is 48.1 Å². The molecule has 1 amide bonds. The Morgan fingerprint density at radius 3 is 2.71 bits per heavy atom. The van der Waals surface area contributed by atoms with Crippen LogP contribution >= 0.6 is 23.6 Å². The first-order valence-electron chi connectivity index (χ1n) is 9.10. The van der Waals surface area contributed by atoms with Crippen molar-refractivity contribution in [3.63, 3.8) is 0 Å². The number of methoxy groups -OCH3 is 2.